The van der Waals surface area contributed by atoms with E-state index in [1.54, 1.807) is 18.2 Å². The molecule has 18 heavy (non-hydrogen) atoms. The van der Waals surface area contributed by atoms with Gasteiger partial charge in [0.05, 0.1) is 17.4 Å². The predicted molar refractivity (Wildman–Crippen MR) is 71.2 cm³/mol. The fourth-order valence-electron chi connectivity index (χ4n) is 1.84. The zero-order valence-electron chi connectivity index (χ0n) is 10.3. The van der Waals surface area contributed by atoms with Crippen molar-refractivity contribution in [3.05, 3.63) is 41.6 Å². The van der Waals surface area contributed by atoms with E-state index in [-0.39, 0.29) is 5.75 Å². The molecule has 2 aromatic rings. The third-order valence-electron chi connectivity index (χ3n) is 2.70. The molecule has 1 aromatic carbocycles. The number of hydrogen-bond donors (Lipinski definition) is 1. The van der Waals surface area contributed by atoms with Gasteiger partial charge in [-0.15, -0.1) is 0 Å². The highest BCUT2D eigenvalue weighted by molar-refractivity contribution is 7.90. The molecule has 0 amide bonds. The van der Waals surface area contributed by atoms with Crippen LogP contribution >= 0.6 is 0 Å². The first-order valence-electron chi connectivity index (χ1n) is 5.58. The topological polar surface area (TPSA) is 67.3 Å². The lowest BCUT2D eigenvalue weighted by Gasteiger charge is -2.10. The lowest BCUT2D eigenvalue weighted by Crippen LogP contribution is -2.12. The molecule has 0 aliphatic carbocycles. The molecule has 1 heterocycles. The number of rotatable bonds is 3. The third kappa shape index (κ3) is 3.05. The van der Waals surface area contributed by atoms with Crippen molar-refractivity contribution in [1.82, 2.24) is 4.98 Å². The number of sulfone groups is 1. The van der Waals surface area contributed by atoms with Crippen molar-refractivity contribution in [1.29, 1.82) is 0 Å². The molecule has 0 saturated carbocycles. The first kappa shape index (κ1) is 13.0. The van der Waals surface area contributed by atoms with Gasteiger partial charge in [0.15, 0.2) is 0 Å². The molecule has 0 spiro atoms. The molecule has 0 aliphatic heterocycles. The Balaban J connectivity index is 2.38. The van der Waals surface area contributed by atoms with Crippen molar-refractivity contribution in [2.75, 3.05) is 12.0 Å². The Kier molecular flexibility index (Phi) is 3.36. The second kappa shape index (κ2) is 4.66. The van der Waals surface area contributed by atoms with Gasteiger partial charge in [-0.25, -0.2) is 8.42 Å². The zero-order chi connectivity index (χ0) is 13.3. The molecule has 96 valence electrons. The Labute approximate surface area is 106 Å². The second-order valence-electron chi connectivity index (χ2n) is 4.51. The van der Waals surface area contributed by atoms with Gasteiger partial charge in [-0.05, 0) is 30.7 Å². The molecular formula is C13H15NO3S. The van der Waals surface area contributed by atoms with Crippen LogP contribution in [0.25, 0.3) is 10.9 Å². The smallest absolute Gasteiger partial charge is 0.150 e. The molecule has 1 atom stereocenters. The van der Waals surface area contributed by atoms with Gasteiger partial charge in [0.1, 0.15) is 9.84 Å². The Bertz CT molecular complexity index is 680. The summed E-state index contributed by atoms with van der Waals surface area (Å²) in [7, 11) is -3.20. The highest BCUT2D eigenvalue weighted by Gasteiger charge is 2.14. The fourth-order valence-corrected chi connectivity index (χ4v) is 2.60. The van der Waals surface area contributed by atoms with E-state index in [2.05, 4.69) is 4.98 Å². The minimum absolute atomic E-state index is 0.266. The number of aromatic nitrogens is 1. The van der Waals surface area contributed by atoms with Gasteiger partial charge in [0, 0.05) is 17.3 Å². The lowest BCUT2D eigenvalue weighted by molar-refractivity contribution is 0.202. The molecule has 0 bridgehead atoms. The summed E-state index contributed by atoms with van der Waals surface area (Å²) in [5.41, 5.74) is 2.36. The van der Waals surface area contributed by atoms with E-state index in [1.165, 1.54) is 0 Å². The summed E-state index contributed by atoms with van der Waals surface area (Å²) in [4.78, 5) is 4.35. The summed E-state index contributed by atoms with van der Waals surface area (Å²) in [6.07, 6.45) is 0.119. The zero-order valence-corrected chi connectivity index (χ0v) is 11.1. The largest absolute Gasteiger partial charge is 0.387 e. The van der Waals surface area contributed by atoms with E-state index < -0.39 is 15.9 Å². The van der Waals surface area contributed by atoms with Gasteiger partial charge in [-0.2, -0.15) is 0 Å². The fraction of sp³-hybridized carbons (Fsp3) is 0.308. The molecule has 4 nitrogen and oxygen atoms in total. The summed E-state index contributed by atoms with van der Waals surface area (Å²) in [6, 6.07) is 9.08. The number of fused-ring (bicyclic) bond motifs is 1. The van der Waals surface area contributed by atoms with Gasteiger partial charge in [-0.3, -0.25) is 4.98 Å². The summed E-state index contributed by atoms with van der Waals surface area (Å²) in [5.74, 6) is -0.266. The van der Waals surface area contributed by atoms with Crippen LogP contribution in [0.4, 0.5) is 0 Å². The van der Waals surface area contributed by atoms with Crippen molar-refractivity contribution in [2.45, 2.75) is 13.0 Å². The quantitative estimate of drug-likeness (QED) is 0.915. The molecule has 1 unspecified atom stereocenters. The van der Waals surface area contributed by atoms with Gasteiger partial charge >= 0.3 is 0 Å². The minimum atomic E-state index is -3.20. The molecule has 5 heteroatoms. The van der Waals surface area contributed by atoms with Crippen LogP contribution in [0.5, 0.6) is 0 Å². The number of aryl methyl sites for hydroxylation is 1. The van der Waals surface area contributed by atoms with Crippen LogP contribution in [0, 0.1) is 6.92 Å². The van der Waals surface area contributed by atoms with Gasteiger partial charge in [0.25, 0.3) is 0 Å². The predicted octanol–water partition coefficient (Wildman–Crippen LogP) is 1.62. The highest BCUT2D eigenvalue weighted by Crippen LogP contribution is 2.20. The number of pyridine rings is 1. The van der Waals surface area contributed by atoms with Crippen molar-refractivity contribution in [3.8, 4) is 0 Å². The van der Waals surface area contributed by atoms with Crippen molar-refractivity contribution < 1.29 is 13.5 Å². The van der Waals surface area contributed by atoms with Gasteiger partial charge in [0.2, 0.25) is 0 Å². The Hall–Kier alpha value is -1.46. The van der Waals surface area contributed by atoms with Gasteiger partial charge in [-0.1, -0.05) is 12.1 Å². The minimum Gasteiger partial charge on any atom is -0.387 e. The SMILES string of the molecule is Cc1ccc2cc(C(O)CS(C)(=O)=O)ccc2n1. The van der Waals surface area contributed by atoms with E-state index >= 15 is 0 Å². The highest BCUT2D eigenvalue weighted by atomic mass is 32.2. The number of aliphatic hydroxyl groups is 1. The molecule has 0 radical (unpaired) electrons. The third-order valence-corrected chi connectivity index (χ3v) is 3.62. The summed E-state index contributed by atoms with van der Waals surface area (Å²) in [5, 5.41) is 10.8. The normalized spacial score (nSPS) is 13.7. The van der Waals surface area contributed by atoms with Gasteiger partial charge < -0.3 is 5.11 Å². The van der Waals surface area contributed by atoms with E-state index in [1.807, 2.05) is 19.1 Å². The van der Waals surface area contributed by atoms with E-state index in [4.69, 9.17) is 0 Å². The first-order valence-corrected chi connectivity index (χ1v) is 7.64. The van der Waals surface area contributed by atoms with Crippen molar-refractivity contribution in [3.63, 3.8) is 0 Å². The maximum absolute atomic E-state index is 11.2. The summed E-state index contributed by atoms with van der Waals surface area (Å²) >= 11 is 0. The summed E-state index contributed by atoms with van der Waals surface area (Å²) in [6.45, 7) is 1.91. The number of hydrogen-bond acceptors (Lipinski definition) is 4. The van der Waals surface area contributed by atoms with Crippen molar-refractivity contribution in [2.24, 2.45) is 0 Å². The molecular weight excluding hydrogens is 250 g/mol. The number of aliphatic hydroxyl groups excluding tert-OH is 1. The maximum atomic E-state index is 11.2. The van der Waals surface area contributed by atoms with Crippen LogP contribution in [0.3, 0.4) is 0 Å². The molecule has 0 saturated heterocycles. The molecule has 1 aromatic heterocycles. The van der Waals surface area contributed by atoms with Crippen LogP contribution in [0.2, 0.25) is 0 Å². The van der Waals surface area contributed by atoms with Crippen LogP contribution in [-0.2, 0) is 9.84 Å². The molecule has 0 fully saturated rings. The first-order chi connectivity index (χ1) is 8.35. The Morgan fingerprint density at radius 1 is 1.28 bits per heavy atom. The second-order valence-corrected chi connectivity index (χ2v) is 6.70. The van der Waals surface area contributed by atoms with Crippen molar-refractivity contribution >= 4 is 20.7 Å². The Morgan fingerprint density at radius 2 is 2.00 bits per heavy atom. The molecule has 1 N–H and O–H groups in total. The Morgan fingerprint density at radius 3 is 2.67 bits per heavy atom. The molecule has 0 aliphatic rings. The standard InChI is InChI=1S/C13H15NO3S/c1-9-3-4-10-7-11(5-6-12(10)14-9)13(15)8-18(2,16)17/h3-7,13,15H,8H2,1-2H3. The monoisotopic (exact) mass is 265 g/mol. The average Bonchev–Trinajstić information content (AvgIpc) is 2.26. The van der Waals surface area contributed by atoms with E-state index in [0.717, 1.165) is 22.9 Å². The number of benzene rings is 1. The summed E-state index contributed by atoms with van der Waals surface area (Å²) < 4.78 is 22.3. The van der Waals surface area contributed by atoms with Crippen LogP contribution in [-0.4, -0.2) is 30.5 Å². The van der Waals surface area contributed by atoms with Crippen LogP contribution in [0.1, 0.15) is 17.4 Å². The van der Waals surface area contributed by atoms with Crippen LogP contribution < -0.4 is 0 Å². The molecule has 2 rings (SSSR count). The van der Waals surface area contributed by atoms with Crippen LogP contribution in [0.15, 0.2) is 30.3 Å². The number of nitrogens with zero attached hydrogens (tertiary/aromatic N) is 1. The average molecular weight is 265 g/mol. The lowest BCUT2D eigenvalue weighted by atomic mass is 10.1. The van der Waals surface area contributed by atoms with E-state index in [0.29, 0.717) is 5.56 Å². The van der Waals surface area contributed by atoms with E-state index in [9.17, 15) is 13.5 Å². The maximum Gasteiger partial charge on any atom is 0.150 e.